The zero-order chi connectivity index (χ0) is 16.4. The predicted octanol–water partition coefficient (Wildman–Crippen LogP) is 5.81. The van der Waals surface area contributed by atoms with E-state index in [-0.39, 0.29) is 0 Å². The van der Waals surface area contributed by atoms with Gasteiger partial charge in [0.05, 0.1) is 0 Å². The third kappa shape index (κ3) is 3.42. The first-order valence-corrected chi connectivity index (χ1v) is 8.64. The molecule has 2 aliphatic rings. The van der Waals surface area contributed by atoms with E-state index >= 15 is 0 Å². The molecule has 2 unspecified atom stereocenters. The van der Waals surface area contributed by atoms with Gasteiger partial charge >= 0.3 is 0 Å². The molecule has 2 atom stereocenters. The van der Waals surface area contributed by atoms with Gasteiger partial charge in [-0.2, -0.15) is 10.2 Å². The van der Waals surface area contributed by atoms with Crippen LogP contribution in [0.2, 0.25) is 0 Å². The lowest BCUT2D eigenvalue weighted by atomic mass is 9.76. The molecule has 2 rings (SSSR count). The molecule has 0 spiro atoms. The second kappa shape index (κ2) is 6.52. The molecule has 22 heavy (non-hydrogen) atoms. The molecular formula is C20H32N2. The van der Waals surface area contributed by atoms with Gasteiger partial charge in [-0.05, 0) is 62.2 Å². The summed E-state index contributed by atoms with van der Waals surface area (Å²) in [6.07, 6.45) is 13.1. The van der Waals surface area contributed by atoms with Crippen LogP contribution in [0.15, 0.2) is 33.5 Å². The minimum Gasteiger partial charge on any atom is -0.164 e. The zero-order valence-corrected chi connectivity index (χ0v) is 15.2. The SMILES string of the molecule is CC1=CCC(C/C=N/N=C/CC2CC=C(C)C2(C)C)C1(C)C. The van der Waals surface area contributed by atoms with Crippen LogP contribution >= 0.6 is 0 Å². The van der Waals surface area contributed by atoms with Gasteiger partial charge in [0.15, 0.2) is 0 Å². The van der Waals surface area contributed by atoms with Crippen molar-refractivity contribution in [1.82, 2.24) is 0 Å². The largest absolute Gasteiger partial charge is 0.164 e. The third-order valence-corrected chi connectivity index (χ3v) is 6.50. The maximum Gasteiger partial charge on any atom is 0.0273 e. The highest BCUT2D eigenvalue weighted by Gasteiger charge is 2.34. The quantitative estimate of drug-likeness (QED) is 0.348. The lowest BCUT2D eigenvalue weighted by Crippen LogP contribution is -2.20. The smallest absolute Gasteiger partial charge is 0.0273 e. The Morgan fingerprint density at radius 3 is 1.50 bits per heavy atom. The van der Waals surface area contributed by atoms with E-state index < -0.39 is 0 Å². The molecule has 0 bridgehead atoms. The second-order valence-corrected chi connectivity index (χ2v) is 8.15. The third-order valence-electron chi connectivity index (χ3n) is 6.50. The first-order valence-electron chi connectivity index (χ1n) is 8.64. The van der Waals surface area contributed by atoms with E-state index in [1.807, 2.05) is 12.4 Å². The van der Waals surface area contributed by atoms with Crippen LogP contribution in [0.4, 0.5) is 0 Å². The van der Waals surface area contributed by atoms with Gasteiger partial charge in [0, 0.05) is 12.4 Å². The van der Waals surface area contributed by atoms with E-state index in [4.69, 9.17) is 0 Å². The molecule has 2 aliphatic carbocycles. The minimum absolute atomic E-state index is 0.312. The fraction of sp³-hybridized carbons (Fsp3) is 0.700. The highest BCUT2D eigenvalue weighted by atomic mass is 15.2. The molecule has 2 nitrogen and oxygen atoms in total. The summed E-state index contributed by atoms with van der Waals surface area (Å²) in [5.74, 6) is 1.35. The van der Waals surface area contributed by atoms with Crippen LogP contribution in [0, 0.1) is 22.7 Å². The summed E-state index contributed by atoms with van der Waals surface area (Å²) in [4.78, 5) is 0. The summed E-state index contributed by atoms with van der Waals surface area (Å²) in [7, 11) is 0. The molecule has 0 radical (unpaired) electrons. The van der Waals surface area contributed by atoms with E-state index in [9.17, 15) is 0 Å². The Morgan fingerprint density at radius 1 is 0.864 bits per heavy atom. The van der Waals surface area contributed by atoms with Gasteiger partial charge < -0.3 is 0 Å². The lowest BCUT2D eigenvalue weighted by Gasteiger charge is -2.28. The van der Waals surface area contributed by atoms with Crippen molar-refractivity contribution in [1.29, 1.82) is 0 Å². The highest BCUT2D eigenvalue weighted by molar-refractivity contribution is 5.62. The standard InChI is InChI=1S/C20H32N2/c1-15-7-9-17(19(15,3)4)11-13-21-22-14-12-18-10-8-16(2)20(18,5)6/h7-8,13-14,17-18H,9-12H2,1-6H3/b21-13+,22-14+. The van der Waals surface area contributed by atoms with E-state index in [1.54, 1.807) is 0 Å². The molecule has 0 fully saturated rings. The molecule has 0 aromatic heterocycles. The first kappa shape index (κ1) is 17.2. The van der Waals surface area contributed by atoms with Crippen LogP contribution in [0.1, 0.15) is 67.2 Å². The molecule has 0 saturated heterocycles. The van der Waals surface area contributed by atoms with Crippen molar-refractivity contribution >= 4 is 12.4 Å². The summed E-state index contributed by atoms with van der Waals surface area (Å²) in [5, 5.41) is 8.51. The maximum absolute atomic E-state index is 4.26. The van der Waals surface area contributed by atoms with Crippen molar-refractivity contribution in [2.24, 2.45) is 32.9 Å². The number of hydrogen-bond donors (Lipinski definition) is 0. The molecule has 0 N–H and O–H groups in total. The number of nitrogens with zero attached hydrogens (tertiary/aromatic N) is 2. The molecule has 122 valence electrons. The summed E-state index contributed by atoms with van der Waals surface area (Å²) < 4.78 is 0. The molecule has 0 amide bonds. The van der Waals surface area contributed by atoms with Crippen molar-refractivity contribution in [2.45, 2.75) is 67.2 Å². The summed E-state index contributed by atoms with van der Waals surface area (Å²) >= 11 is 0. The topological polar surface area (TPSA) is 24.7 Å². The average Bonchev–Trinajstić information content (AvgIpc) is 2.85. The van der Waals surface area contributed by atoms with Gasteiger partial charge in [0.1, 0.15) is 0 Å². The number of hydrogen-bond acceptors (Lipinski definition) is 2. The maximum atomic E-state index is 4.26. The van der Waals surface area contributed by atoms with E-state index in [0.29, 0.717) is 22.7 Å². The first-order chi connectivity index (χ1) is 10.3. The molecular weight excluding hydrogens is 268 g/mol. The Kier molecular flexibility index (Phi) is 5.09. The van der Waals surface area contributed by atoms with Gasteiger partial charge in [-0.3, -0.25) is 0 Å². The van der Waals surface area contributed by atoms with E-state index in [0.717, 1.165) is 12.8 Å². The van der Waals surface area contributed by atoms with E-state index in [2.05, 4.69) is 63.9 Å². The van der Waals surface area contributed by atoms with Gasteiger partial charge in [-0.15, -0.1) is 0 Å². The summed E-state index contributed by atoms with van der Waals surface area (Å²) in [5.41, 5.74) is 3.65. The van der Waals surface area contributed by atoms with Gasteiger partial charge in [0.25, 0.3) is 0 Å². The summed E-state index contributed by atoms with van der Waals surface area (Å²) in [6, 6.07) is 0. The average molecular weight is 300 g/mol. The fourth-order valence-corrected chi connectivity index (χ4v) is 3.62. The normalized spacial score (nSPS) is 30.3. The Balaban J connectivity index is 1.75. The monoisotopic (exact) mass is 300 g/mol. The van der Waals surface area contributed by atoms with Gasteiger partial charge in [-0.25, -0.2) is 0 Å². The van der Waals surface area contributed by atoms with Gasteiger partial charge in [0.2, 0.25) is 0 Å². The van der Waals surface area contributed by atoms with Gasteiger partial charge in [-0.1, -0.05) is 51.0 Å². The Labute approximate surface area is 136 Å². The van der Waals surface area contributed by atoms with Crippen molar-refractivity contribution in [3.05, 3.63) is 23.3 Å². The Morgan fingerprint density at radius 2 is 1.23 bits per heavy atom. The van der Waals surface area contributed by atoms with Crippen LogP contribution < -0.4 is 0 Å². The molecule has 0 heterocycles. The summed E-state index contributed by atoms with van der Waals surface area (Å²) in [6.45, 7) is 13.8. The van der Waals surface area contributed by atoms with E-state index in [1.165, 1.54) is 24.0 Å². The second-order valence-electron chi connectivity index (χ2n) is 8.15. The molecule has 0 aromatic rings. The lowest BCUT2D eigenvalue weighted by molar-refractivity contribution is 0.302. The Bertz CT molecular complexity index is 470. The molecule has 0 aromatic carbocycles. The van der Waals surface area contributed by atoms with Crippen molar-refractivity contribution in [3.8, 4) is 0 Å². The number of rotatable bonds is 5. The zero-order valence-electron chi connectivity index (χ0n) is 15.2. The molecule has 2 heteroatoms. The van der Waals surface area contributed by atoms with Crippen LogP contribution in [-0.4, -0.2) is 12.4 Å². The minimum atomic E-state index is 0.312. The van der Waals surface area contributed by atoms with Crippen LogP contribution in [0.25, 0.3) is 0 Å². The van der Waals surface area contributed by atoms with Crippen LogP contribution in [0.5, 0.6) is 0 Å². The number of allylic oxidation sites excluding steroid dienone is 4. The van der Waals surface area contributed by atoms with Crippen LogP contribution in [-0.2, 0) is 0 Å². The predicted molar refractivity (Wildman–Crippen MR) is 97.5 cm³/mol. The van der Waals surface area contributed by atoms with Crippen molar-refractivity contribution < 1.29 is 0 Å². The Hall–Kier alpha value is -1.18. The van der Waals surface area contributed by atoms with Crippen molar-refractivity contribution in [2.75, 3.05) is 0 Å². The van der Waals surface area contributed by atoms with Crippen molar-refractivity contribution in [3.63, 3.8) is 0 Å². The molecule has 0 aliphatic heterocycles. The van der Waals surface area contributed by atoms with Crippen LogP contribution in [0.3, 0.4) is 0 Å². The highest BCUT2D eigenvalue weighted by Crippen LogP contribution is 2.45. The molecule has 0 saturated carbocycles. The fourth-order valence-electron chi connectivity index (χ4n) is 3.62.